The van der Waals surface area contributed by atoms with Gasteiger partial charge in [0, 0.05) is 19.0 Å². The van der Waals surface area contributed by atoms with E-state index in [0.29, 0.717) is 13.0 Å². The summed E-state index contributed by atoms with van der Waals surface area (Å²) in [6.45, 7) is 1.40. The quantitative estimate of drug-likeness (QED) is 0.683. The SMILES string of the molecule is COc1cccc(CC(=O)N2CCCC(c3nnnn3-c3ccccc3)C2)c1. The molecule has 1 aromatic heterocycles. The number of aromatic nitrogens is 4. The van der Waals surface area contributed by atoms with Crippen LogP contribution in [0.15, 0.2) is 54.6 Å². The van der Waals surface area contributed by atoms with Crippen LogP contribution in [0, 0.1) is 0 Å². The molecule has 2 aromatic carbocycles. The second kappa shape index (κ2) is 8.21. The molecule has 1 aliphatic rings. The van der Waals surface area contributed by atoms with Crippen LogP contribution in [0.25, 0.3) is 5.69 Å². The molecule has 28 heavy (non-hydrogen) atoms. The number of methoxy groups -OCH3 is 1. The molecule has 0 radical (unpaired) electrons. The summed E-state index contributed by atoms with van der Waals surface area (Å²) < 4.78 is 7.03. The van der Waals surface area contributed by atoms with Crippen LogP contribution in [0.1, 0.15) is 30.1 Å². The van der Waals surface area contributed by atoms with Crippen LogP contribution in [-0.2, 0) is 11.2 Å². The summed E-state index contributed by atoms with van der Waals surface area (Å²) in [6.07, 6.45) is 2.28. The van der Waals surface area contributed by atoms with Crippen molar-refractivity contribution in [1.82, 2.24) is 25.1 Å². The van der Waals surface area contributed by atoms with Crippen LogP contribution in [0.5, 0.6) is 5.75 Å². The average Bonchev–Trinajstić information content (AvgIpc) is 3.24. The van der Waals surface area contributed by atoms with Gasteiger partial charge in [-0.05, 0) is 53.1 Å². The van der Waals surface area contributed by atoms with Gasteiger partial charge in [-0.1, -0.05) is 30.3 Å². The Morgan fingerprint density at radius 3 is 2.86 bits per heavy atom. The van der Waals surface area contributed by atoms with E-state index in [-0.39, 0.29) is 11.8 Å². The zero-order valence-electron chi connectivity index (χ0n) is 15.9. The summed E-state index contributed by atoms with van der Waals surface area (Å²) in [4.78, 5) is 14.8. The second-order valence-corrected chi connectivity index (χ2v) is 6.99. The first-order chi connectivity index (χ1) is 13.7. The fraction of sp³-hybridized carbons (Fsp3) is 0.333. The van der Waals surface area contributed by atoms with E-state index in [1.165, 1.54) is 0 Å². The molecule has 1 unspecified atom stereocenters. The minimum Gasteiger partial charge on any atom is -0.497 e. The van der Waals surface area contributed by atoms with Gasteiger partial charge in [-0.15, -0.1) is 5.10 Å². The van der Waals surface area contributed by atoms with E-state index >= 15 is 0 Å². The topological polar surface area (TPSA) is 73.1 Å². The third-order valence-corrected chi connectivity index (χ3v) is 5.12. The number of piperidine rings is 1. The highest BCUT2D eigenvalue weighted by molar-refractivity contribution is 5.79. The van der Waals surface area contributed by atoms with Crippen molar-refractivity contribution in [2.24, 2.45) is 0 Å². The number of carbonyl (C=O) groups is 1. The highest BCUT2D eigenvalue weighted by Crippen LogP contribution is 2.27. The standard InChI is InChI=1S/C21H23N5O2/c1-28-19-11-5-7-16(13-19)14-20(27)25-12-6-8-17(15-25)21-22-23-24-26(21)18-9-3-2-4-10-18/h2-5,7,9-11,13,17H,6,8,12,14-15H2,1H3. The third kappa shape index (κ3) is 3.88. The number of hydrogen-bond acceptors (Lipinski definition) is 5. The van der Waals surface area contributed by atoms with Gasteiger partial charge in [0.25, 0.3) is 0 Å². The Balaban J connectivity index is 1.48. The Bertz CT molecular complexity index is 941. The van der Waals surface area contributed by atoms with Crippen molar-refractivity contribution in [3.05, 3.63) is 66.0 Å². The van der Waals surface area contributed by atoms with Gasteiger partial charge in [-0.3, -0.25) is 4.79 Å². The molecule has 1 saturated heterocycles. The molecule has 1 fully saturated rings. The van der Waals surface area contributed by atoms with E-state index in [0.717, 1.165) is 42.2 Å². The second-order valence-electron chi connectivity index (χ2n) is 6.99. The Morgan fingerprint density at radius 1 is 1.18 bits per heavy atom. The van der Waals surface area contributed by atoms with E-state index in [9.17, 15) is 4.79 Å². The fourth-order valence-corrected chi connectivity index (χ4v) is 3.68. The lowest BCUT2D eigenvalue weighted by atomic mass is 9.96. The van der Waals surface area contributed by atoms with E-state index in [2.05, 4.69) is 15.5 Å². The molecular weight excluding hydrogens is 354 g/mol. The molecule has 144 valence electrons. The minimum atomic E-state index is 0.122. The molecule has 7 heteroatoms. The van der Waals surface area contributed by atoms with Crippen molar-refractivity contribution in [2.45, 2.75) is 25.2 Å². The van der Waals surface area contributed by atoms with Crippen LogP contribution in [0.2, 0.25) is 0 Å². The monoisotopic (exact) mass is 377 g/mol. The molecule has 4 rings (SSSR count). The number of tetrazole rings is 1. The predicted molar refractivity (Wildman–Crippen MR) is 104 cm³/mol. The summed E-state index contributed by atoms with van der Waals surface area (Å²) in [7, 11) is 1.63. The number of amides is 1. The van der Waals surface area contributed by atoms with E-state index < -0.39 is 0 Å². The van der Waals surface area contributed by atoms with Gasteiger partial charge in [-0.25, -0.2) is 0 Å². The van der Waals surface area contributed by atoms with Crippen LogP contribution in [0.4, 0.5) is 0 Å². The number of likely N-dealkylation sites (tertiary alicyclic amines) is 1. The van der Waals surface area contributed by atoms with E-state index in [4.69, 9.17) is 4.74 Å². The third-order valence-electron chi connectivity index (χ3n) is 5.12. The van der Waals surface area contributed by atoms with Crippen LogP contribution < -0.4 is 4.74 Å². The number of para-hydroxylation sites is 1. The van der Waals surface area contributed by atoms with Crippen LogP contribution in [0.3, 0.4) is 0 Å². The summed E-state index contributed by atoms with van der Waals surface area (Å²) in [5.41, 5.74) is 1.89. The molecule has 3 aromatic rings. The maximum atomic E-state index is 12.9. The molecule has 7 nitrogen and oxygen atoms in total. The lowest BCUT2D eigenvalue weighted by Crippen LogP contribution is -2.40. The van der Waals surface area contributed by atoms with Gasteiger partial charge < -0.3 is 9.64 Å². The lowest BCUT2D eigenvalue weighted by Gasteiger charge is -2.32. The number of carbonyl (C=O) groups excluding carboxylic acids is 1. The molecule has 0 N–H and O–H groups in total. The zero-order chi connectivity index (χ0) is 19.3. The van der Waals surface area contributed by atoms with Crippen molar-refractivity contribution < 1.29 is 9.53 Å². The van der Waals surface area contributed by atoms with Crippen LogP contribution >= 0.6 is 0 Å². The summed E-state index contributed by atoms with van der Waals surface area (Å²) in [5.74, 6) is 1.82. The summed E-state index contributed by atoms with van der Waals surface area (Å²) in [5, 5.41) is 12.3. The molecule has 0 bridgehead atoms. The molecule has 1 aliphatic heterocycles. The van der Waals surface area contributed by atoms with Crippen molar-refractivity contribution in [3.63, 3.8) is 0 Å². The Morgan fingerprint density at radius 2 is 2.04 bits per heavy atom. The number of hydrogen-bond donors (Lipinski definition) is 0. The Labute approximate surface area is 163 Å². The van der Waals surface area contributed by atoms with Crippen molar-refractivity contribution in [1.29, 1.82) is 0 Å². The largest absolute Gasteiger partial charge is 0.497 e. The van der Waals surface area contributed by atoms with Gasteiger partial charge in [0.1, 0.15) is 5.75 Å². The molecular formula is C21H23N5O2. The predicted octanol–water partition coefficient (Wildman–Crippen LogP) is 2.62. The summed E-state index contributed by atoms with van der Waals surface area (Å²) >= 11 is 0. The molecule has 0 spiro atoms. The van der Waals surface area contributed by atoms with Crippen molar-refractivity contribution in [3.8, 4) is 11.4 Å². The first-order valence-electron chi connectivity index (χ1n) is 9.49. The average molecular weight is 377 g/mol. The molecule has 1 atom stereocenters. The number of benzene rings is 2. The van der Waals surface area contributed by atoms with E-state index in [1.807, 2.05) is 59.5 Å². The van der Waals surface area contributed by atoms with Gasteiger partial charge in [-0.2, -0.15) is 4.68 Å². The van der Waals surface area contributed by atoms with Gasteiger partial charge in [0.15, 0.2) is 5.82 Å². The molecule has 0 saturated carbocycles. The molecule has 2 heterocycles. The Hall–Kier alpha value is -3.22. The first kappa shape index (κ1) is 18.2. The maximum Gasteiger partial charge on any atom is 0.227 e. The van der Waals surface area contributed by atoms with Crippen LogP contribution in [-0.4, -0.2) is 51.2 Å². The van der Waals surface area contributed by atoms with Gasteiger partial charge in [0.2, 0.25) is 5.91 Å². The zero-order valence-corrected chi connectivity index (χ0v) is 15.9. The highest BCUT2D eigenvalue weighted by atomic mass is 16.5. The highest BCUT2D eigenvalue weighted by Gasteiger charge is 2.28. The normalized spacial score (nSPS) is 16.8. The minimum absolute atomic E-state index is 0.122. The number of nitrogens with zero attached hydrogens (tertiary/aromatic N) is 5. The van der Waals surface area contributed by atoms with Gasteiger partial charge in [0.05, 0.1) is 19.2 Å². The number of rotatable bonds is 5. The molecule has 0 aliphatic carbocycles. The molecule has 1 amide bonds. The van der Waals surface area contributed by atoms with Crippen molar-refractivity contribution >= 4 is 5.91 Å². The van der Waals surface area contributed by atoms with Gasteiger partial charge >= 0.3 is 0 Å². The maximum absolute atomic E-state index is 12.9. The Kier molecular flexibility index (Phi) is 5.32. The lowest BCUT2D eigenvalue weighted by molar-refractivity contribution is -0.131. The van der Waals surface area contributed by atoms with Crippen molar-refractivity contribution in [2.75, 3.05) is 20.2 Å². The fourth-order valence-electron chi connectivity index (χ4n) is 3.68. The summed E-state index contributed by atoms with van der Waals surface area (Å²) in [6, 6.07) is 17.5. The number of ether oxygens (including phenoxy) is 1. The first-order valence-corrected chi connectivity index (χ1v) is 9.49. The smallest absolute Gasteiger partial charge is 0.227 e. The van der Waals surface area contributed by atoms with E-state index in [1.54, 1.807) is 11.8 Å².